The molecule has 4 rings (SSSR count). The van der Waals surface area contributed by atoms with Gasteiger partial charge in [0.15, 0.2) is 17.7 Å². The standard InChI is InChI=1S/C26H35N3O8/c30-10-3-4-12-36-21-14-17(8-9-20(21)35-13-5-11-31)15-27-26-28-18-6-1-2-7-19(18)29(26)25-24(34)23(33)22(16-32)37-25/h1-2,6-9,14,22-25,30-34H,3-5,10-13,15-16H2,(H,27,28)/t22-,23-,24-,25-/m1/s1. The number of nitrogens with zero attached hydrogens (tertiary/aromatic N) is 2. The maximum atomic E-state index is 10.7. The molecule has 0 unspecified atom stereocenters. The van der Waals surface area contributed by atoms with E-state index in [0.29, 0.717) is 67.5 Å². The van der Waals surface area contributed by atoms with Gasteiger partial charge in [0.2, 0.25) is 5.95 Å². The molecular formula is C26H35N3O8. The van der Waals surface area contributed by atoms with Crippen LogP contribution in [-0.4, -0.2) is 86.4 Å². The van der Waals surface area contributed by atoms with E-state index in [1.54, 1.807) is 4.57 Å². The molecule has 2 aromatic carbocycles. The average molecular weight is 518 g/mol. The molecule has 0 amide bonds. The monoisotopic (exact) mass is 517 g/mol. The lowest BCUT2D eigenvalue weighted by Gasteiger charge is -2.20. The lowest BCUT2D eigenvalue weighted by atomic mass is 10.1. The quantitative estimate of drug-likeness (QED) is 0.171. The molecule has 0 bridgehead atoms. The third kappa shape index (κ3) is 6.32. The van der Waals surface area contributed by atoms with Gasteiger partial charge in [0.05, 0.1) is 30.9 Å². The minimum absolute atomic E-state index is 0.0329. The fourth-order valence-electron chi connectivity index (χ4n) is 4.24. The van der Waals surface area contributed by atoms with Crippen LogP contribution in [0.1, 0.15) is 31.1 Å². The summed E-state index contributed by atoms with van der Waals surface area (Å²) in [5, 5.41) is 51.8. The summed E-state index contributed by atoms with van der Waals surface area (Å²) in [4.78, 5) is 4.66. The first-order valence-electron chi connectivity index (χ1n) is 12.5. The van der Waals surface area contributed by atoms with E-state index in [4.69, 9.17) is 24.4 Å². The molecule has 0 spiro atoms. The third-order valence-electron chi connectivity index (χ3n) is 6.20. The van der Waals surface area contributed by atoms with Gasteiger partial charge in [-0.1, -0.05) is 18.2 Å². The average Bonchev–Trinajstić information content (AvgIpc) is 3.42. The Morgan fingerprint density at radius 1 is 0.892 bits per heavy atom. The molecule has 1 aliphatic heterocycles. The van der Waals surface area contributed by atoms with Crippen LogP contribution < -0.4 is 14.8 Å². The summed E-state index contributed by atoms with van der Waals surface area (Å²) in [6.45, 7) is 0.860. The van der Waals surface area contributed by atoms with Crippen molar-refractivity contribution in [1.82, 2.24) is 9.55 Å². The first-order chi connectivity index (χ1) is 18.1. The molecule has 4 atom stereocenters. The number of aromatic nitrogens is 2. The number of hydrogen-bond donors (Lipinski definition) is 6. The van der Waals surface area contributed by atoms with E-state index in [-0.39, 0.29) is 13.2 Å². The van der Waals surface area contributed by atoms with Crippen molar-refractivity contribution in [3.8, 4) is 11.5 Å². The Morgan fingerprint density at radius 3 is 2.41 bits per heavy atom. The van der Waals surface area contributed by atoms with Crippen molar-refractivity contribution < 1.29 is 39.7 Å². The summed E-state index contributed by atoms with van der Waals surface area (Å²) in [5.41, 5.74) is 2.27. The van der Waals surface area contributed by atoms with Gasteiger partial charge in [-0.2, -0.15) is 0 Å². The van der Waals surface area contributed by atoms with Crippen LogP contribution in [0.2, 0.25) is 0 Å². The Morgan fingerprint density at radius 2 is 1.65 bits per heavy atom. The van der Waals surface area contributed by atoms with Gasteiger partial charge in [-0.05, 0) is 42.7 Å². The smallest absolute Gasteiger partial charge is 0.206 e. The predicted octanol–water partition coefficient (Wildman–Crippen LogP) is 1.17. The second-order valence-corrected chi connectivity index (χ2v) is 8.86. The molecular weight excluding hydrogens is 482 g/mol. The fraction of sp³-hybridized carbons (Fsp3) is 0.500. The van der Waals surface area contributed by atoms with Crippen molar-refractivity contribution in [1.29, 1.82) is 0 Å². The minimum Gasteiger partial charge on any atom is -0.490 e. The lowest BCUT2D eigenvalue weighted by Crippen LogP contribution is -2.33. The van der Waals surface area contributed by atoms with Crippen molar-refractivity contribution in [2.75, 3.05) is 38.4 Å². The van der Waals surface area contributed by atoms with E-state index in [1.165, 1.54) is 0 Å². The number of imidazole rings is 1. The molecule has 37 heavy (non-hydrogen) atoms. The Balaban J connectivity index is 1.55. The van der Waals surface area contributed by atoms with E-state index in [1.807, 2.05) is 42.5 Å². The van der Waals surface area contributed by atoms with Crippen LogP contribution in [0.3, 0.4) is 0 Å². The number of fused-ring (bicyclic) bond motifs is 1. The minimum atomic E-state index is -1.25. The van der Waals surface area contributed by atoms with Crippen LogP contribution in [-0.2, 0) is 11.3 Å². The van der Waals surface area contributed by atoms with Gasteiger partial charge >= 0.3 is 0 Å². The SMILES string of the molecule is OCCCCOc1cc(CNc2nc3ccccc3n2[C@@H]2O[C@H](CO)[C@@H](O)[C@H]2O)ccc1OCCCO. The van der Waals surface area contributed by atoms with Gasteiger partial charge in [0.25, 0.3) is 0 Å². The summed E-state index contributed by atoms with van der Waals surface area (Å²) in [6, 6.07) is 13.0. The maximum absolute atomic E-state index is 10.7. The number of benzene rings is 2. The molecule has 1 saturated heterocycles. The summed E-state index contributed by atoms with van der Waals surface area (Å²) in [7, 11) is 0. The lowest BCUT2D eigenvalue weighted by molar-refractivity contribution is -0.0499. The number of rotatable bonds is 14. The van der Waals surface area contributed by atoms with Gasteiger partial charge in [-0.3, -0.25) is 4.57 Å². The summed E-state index contributed by atoms with van der Waals surface area (Å²) in [5.74, 6) is 1.57. The van der Waals surface area contributed by atoms with E-state index in [9.17, 15) is 15.3 Å². The highest BCUT2D eigenvalue weighted by atomic mass is 16.6. The number of aliphatic hydroxyl groups excluding tert-OH is 5. The second-order valence-electron chi connectivity index (χ2n) is 8.86. The molecule has 202 valence electrons. The van der Waals surface area contributed by atoms with Crippen molar-refractivity contribution in [3.05, 3.63) is 48.0 Å². The number of para-hydroxylation sites is 2. The van der Waals surface area contributed by atoms with Crippen molar-refractivity contribution in [3.63, 3.8) is 0 Å². The Kier molecular flexibility index (Phi) is 9.56. The molecule has 0 aliphatic carbocycles. The zero-order valence-electron chi connectivity index (χ0n) is 20.6. The van der Waals surface area contributed by atoms with E-state index >= 15 is 0 Å². The number of hydrogen-bond acceptors (Lipinski definition) is 10. The Hall–Kier alpha value is -2.93. The highest BCUT2D eigenvalue weighted by Crippen LogP contribution is 2.35. The number of aliphatic hydroxyl groups is 5. The molecule has 1 fully saturated rings. The fourth-order valence-corrected chi connectivity index (χ4v) is 4.24. The Bertz CT molecular complexity index is 1140. The van der Waals surface area contributed by atoms with E-state index in [2.05, 4.69) is 10.3 Å². The van der Waals surface area contributed by atoms with Crippen molar-refractivity contribution in [2.45, 2.75) is 50.3 Å². The predicted molar refractivity (Wildman–Crippen MR) is 136 cm³/mol. The van der Waals surface area contributed by atoms with E-state index in [0.717, 1.165) is 5.56 Å². The van der Waals surface area contributed by atoms with Crippen LogP contribution in [0.4, 0.5) is 5.95 Å². The largest absolute Gasteiger partial charge is 0.490 e. The van der Waals surface area contributed by atoms with Gasteiger partial charge in [-0.25, -0.2) is 4.98 Å². The molecule has 0 radical (unpaired) electrons. The second kappa shape index (κ2) is 13.0. The van der Waals surface area contributed by atoms with Gasteiger partial charge < -0.3 is 45.1 Å². The topological polar surface area (TPSA) is 159 Å². The summed E-state index contributed by atoms with van der Waals surface area (Å²) < 4.78 is 19.2. The van der Waals surface area contributed by atoms with Crippen LogP contribution in [0.5, 0.6) is 11.5 Å². The molecule has 0 saturated carbocycles. The van der Waals surface area contributed by atoms with Gasteiger partial charge in [0, 0.05) is 26.2 Å². The van der Waals surface area contributed by atoms with Crippen LogP contribution in [0.25, 0.3) is 11.0 Å². The van der Waals surface area contributed by atoms with Crippen LogP contribution in [0, 0.1) is 0 Å². The maximum Gasteiger partial charge on any atom is 0.206 e. The molecule has 1 aliphatic rings. The van der Waals surface area contributed by atoms with Gasteiger partial charge in [0.1, 0.15) is 18.3 Å². The van der Waals surface area contributed by atoms with Gasteiger partial charge in [-0.15, -0.1) is 0 Å². The highest BCUT2D eigenvalue weighted by molar-refractivity contribution is 5.78. The summed E-state index contributed by atoms with van der Waals surface area (Å²) >= 11 is 0. The molecule has 2 heterocycles. The van der Waals surface area contributed by atoms with E-state index < -0.39 is 31.1 Å². The Labute approximate surface area is 214 Å². The number of nitrogens with one attached hydrogen (secondary N) is 1. The molecule has 3 aromatic rings. The van der Waals surface area contributed by atoms with Crippen LogP contribution >= 0.6 is 0 Å². The van der Waals surface area contributed by atoms with Crippen molar-refractivity contribution >= 4 is 17.0 Å². The molecule has 6 N–H and O–H groups in total. The molecule has 1 aromatic heterocycles. The number of ether oxygens (including phenoxy) is 3. The van der Waals surface area contributed by atoms with Crippen molar-refractivity contribution in [2.24, 2.45) is 0 Å². The number of anilines is 1. The van der Waals surface area contributed by atoms with Crippen LogP contribution in [0.15, 0.2) is 42.5 Å². The zero-order chi connectivity index (χ0) is 26.2. The first-order valence-corrected chi connectivity index (χ1v) is 12.5. The first kappa shape index (κ1) is 27.1. The highest BCUT2D eigenvalue weighted by Gasteiger charge is 2.44. The third-order valence-corrected chi connectivity index (χ3v) is 6.20. The molecule has 11 heteroatoms. The summed E-state index contributed by atoms with van der Waals surface area (Å²) in [6.07, 6.45) is -2.47. The number of unbranched alkanes of at least 4 members (excludes halogenated alkanes) is 1. The zero-order valence-corrected chi connectivity index (χ0v) is 20.6. The normalized spacial score (nSPS) is 21.4. The molecule has 11 nitrogen and oxygen atoms in total.